The van der Waals surface area contributed by atoms with E-state index in [0.717, 1.165) is 11.1 Å². The molecule has 0 aliphatic rings. The molecule has 3 aromatic carbocycles. The summed E-state index contributed by atoms with van der Waals surface area (Å²) in [4.78, 5) is 37.5. The number of carbonyl (C=O) groups is 3. The fourth-order valence-electron chi connectivity index (χ4n) is 3.11. The van der Waals surface area contributed by atoms with Crippen LogP contribution < -0.4 is 10.6 Å². The molecule has 2 N–H and O–H groups in total. The van der Waals surface area contributed by atoms with Gasteiger partial charge in [-0.05, 0) is 55.3 Å². The van der Waals surface area contributed by atoms with E-state index in [2.05, 4.69) is 10.6 Å². The zero-order valence-corrected chi connectivity index (χ0v) is 18.3. The average Bonchev–Trinajstić information content (AvgIpc) is 2.81. The highest BCUT2D eigenvalue weighted by atomic mass is 16.5. The molecule has 0 aliphatic carbocycles. The van der Waals surface area contributed by atoms with Crippen molar-refractivity contribution in [3.05, 3.63) is 95.1 Å². The first kappa shape index (κ1) is 23.2. The van der Waals surface area contributed by atoms with Crippen LogP contribution >= 0.6 is 0 Å². The molecule has 0 unspecified atom stereocenters. The fourth-order valence-corrected chi connectivity index (χ4v) is 3.11. The summed E-state index contributed by atoms with van der Waals surface area (Å²) >= 11 is 0. The SMILES string of the molecule is Cc1ccc(C)c(NC(=O)[C@H](OC(=O)c2ccc(NC(=O)CC#N)cc2)c2ccccc2)c1. The van der Waals surface area contributed by atoms with E-state index in [4.69, 9.17) is 10.00 Å². The van der Waals surface area contributed by atoms with Gasteiger partial charge in [-0.15, -0.1) is 0 Å². The summed E-state index contributed by atoms with van der Waals surface area (Å²) in [5.74, 6) is -1.60. The summed E-state index contributed by atoms with van der Waals surface area (Å²) in [6.45, 7) is 3.81. The molecule has 166 valence electrons. The quantitative estimate of drug-likeness (QED) is 0.517. The Morgan fingerprint density at radius 2 is 1.64 bits per heavy atom. The van der Waals surface area contributed by atoms with Gasteiger partial charge in [0.2, 0.25) is 12.0 Å². The molecule has 0 fully saturated rings. The Kier molecular flexibility index (Phi) is 7.55. The first-order valence-corrected chi connectivity index (χ1v) is 10.3. The zero-order valence-electron chi connectivity index (χ0n) is 18.3. The molecule has 0 saturated carbocycles. The third-order valence-corrected chi connectivity index (χ3v) is 4.86. The second-order valence-corrected chi connectivity index (χ2v) is 7.46. The summed E-state index contributed by atoms with van der Waals surface area (Å²) in [7, 11) is 0. The van der Waals surface area contributed by atoms with Gasteiger partial charge in [-0.1, -0.05) is 42.5 Å². The number of nitriles is 1. The van der Waals surface area contributed by atoms with Gasteiger partial charge in [0.05, 0.1) is 11.6 Å². The second-order valence-electron chi connectivity index (χ2n) is 7.46. The minimum atomic E-state index is -1.16. The number of benzene rings is 3. The maximum atomic E-state index is 13.1. The number of hydrogen-bond donors (Lipinski definition) is 2. The molecule has 2 amide bonds. The Balaban J connectivity index is 1.78. The zero-order chi connectivity index (χ0) is 23.8. The van der Waals surface area contributed by atoms with E-state index in [0.29, 0.717) is 16.9 Å². The number of rotatable bonds is 7. The molecule has 0 spiro atoms. The predicted molar refractivity (Wildman–Crippen MR) is 124 cm³/mol. The smallest absolute Gasteiger partial charge is 0.339 e. The molecule has 3 aromatic rings. The number of hydrogen-bond acceptors (Lipinski definition) is 5. The summed E-state index contributed by atoms with van der Waals surface area (Å²) in [6, 6.07) is 22.3. The van der Waals surface area contributed by atoms with Crippen LogP contribution in [0.25, 0.3) is 0 Å². The molecular formula is C26H23N3O4. The first-order valence-electron chi connectivity index (χ1n) is 10.3. The Labute approximate surface area is 192 Å². The van der Waals surface area contributed by atoms with Crippen molar-refractivity contribution in [2.75, 3.05) is 10.6 Å². The van der Waals surface area contributed by atoms with E-state index in [-0.39, 0.29) is 12.0 Å². The van der Waals surface area contributed by atoms with E-state index in [1.165, 1.54) is 24.3 Å². The van der Waals surface area contributed by atoms with Gasteiger partial charge < -0.3 is 15.4 Å². The average molecular weight is 441 g/mol. The van der Waals surface area contributed by atoms with Crippen molar-refractivity contribution in [3.8, 4) is 6.07 Å². The minimum absolute atomic E-state index is 0.216. The molecule has 0 aliphatic heterocycles. The van der Waals surface area contributed by atoms with Crippen molar-refractivity contribution < 1.29 is 19.1 Å². The van der Waals surface area contributed by atoms with Gasteiger partial charge in [0.15, 0.2) is 0 Å². The van der Waals surface area contributed by atoms with Gasteiger partial charge in [0, 0.05) is 16.9 Å². The Hall–Kier alpha value is -4.44. The van der Waals surface area contributed by atoms with Crippen LogP contribution in [0.5, 0.6) is 0 Å². The third-order valence-electron chi connectivity index (χ3n) is 4.86. The summed E-state index contributed by atoms with van der Waals surface area (Å²) in [6.07, 6.45) is -1.42. The molecule has 0 heterocycles. The molecule has 7 nitrogen and oxygen atoms in total. The summed E-state index contributed by atoms with van der Waals surface area (Å²) in [5.41, 5.74) is 3.73. The lowest BCUT2D eigenvalue weighted by molar-refractivity contribution is -0.125. The van der Waals surface area contributed by atoms with Gasteiger partial charge in [0.1, 0.15) is 6.42 Å². The molecule has 0 bridgehead atoms. The van der Waals surface area contributed by atoms with E-state index < -0.39 is 23.9 Å². The number of anilines is 2. The van der Waals surface area contributed by atoms with Crippen molar-refractivity contribution >= 4 is 29.2 Å². The largest absolute Gasteiger partial charge is 0.444 e. The lowest BCUT2D eigenvalue weighted by Crippen LogP contribution is -2.26. The van der Waals surface area contributed by atoms with Crippen LogP contribution in [0.3, 0.4) is 0 Å². The molecule has 7 heteroatoms. The molecule has 0 saturated heterocycles. The minimum Gasteiger partial charge on any atom is -0.444 e. The second kappa shape index (κ2) is 10.7. The van der Waals surface area contributed by atoms with E-state index in [9.17, 15) is 14.4 Å². The van der Waals surface area contributed by atoms with E-state index >= 15 is 0 Å². The number of carbonyl (C=O) groups excluding carboxylic acids is 3. The lowest BCUT2D eigenvalue weighted by atomic mass is 10.1. The highest BCUT2D eigenvalue weighted by Crippen LogP contribution is 2.24. The fraction of sp³-hybridized carbons (Fsp3) is 0.154. The third kappa shape index (κ3) is 6.28. The lowest BCUT2D eigenvalue weighted by Gasteiger charge is -2.19. The van der Waals surface area contributed by atoms with Gasteiger partial charge in [-0.2, -0.15) is 5.26 Å². The maximum absolute atomic E-state index is 13.1. The Morgan fingerprint density at radius 1 is 0.939 bits per heavy atom. The monoisotopic (exact) mass is 441 g/mol. The van der Waals surface area contributed by atoms with Crippen LogP contribution in [0.2, 0.25) is 0 Å². The van der Waals surface area contributed by atoms with Crippen molar-refractivity contribution in [3.63, 3.8) is 0 Å². The number of nitrogens with zero attached hydrogens (tertiary/aromatic N) is 1. The van der Waals surface area contributed by atoms with E-state index in [1.807, 2.05) is 38.1 Å². The van der Waals surface area contributed by atoms with Gasteiger partial charge in [-0.3, -0.25) is 9.59 Å². The first-order chi connectivity index (χ1) is 15.9. The molecule has 0 aromatic heterocycles. The van der Waals surface area contributed by atoms with Crippen LogP contribution in [0, 0.1) is 25.2 Å². The summed E-state index contributed by atoms with van der Waals surface area (Å²) in [5, 5.41) is 14.0. The number of nitrogens with one attached hydrogen (secondary N) is 2. The maximum Gasteiger partial charge on any atom is 0.339 e. The Bertz CT molecular complexity index is 1200. The predicted octanol–water partition coefficient (Wildman–Crippen LogP) is 4.69. The van der Waals surface area contributed by atoms with Crippen LogP contribution in [-0.4, -0.2) is 17.8 Å². The molecule has 0 radical (unpaired) electrons. The van der Waals surface area contributed by atoms with Crippen LogP contribution in [0.4, 0.5) is 11.4 Å². The number of amides is 2. The van der Waals surface area contributed by atoms with Crippen molar-refractivity contribution in [1.82, 2.24) is 0 Å². The van der Waals surface area contributed by atoms with E-state index in [1.54, 1.807) is 30.3 Å². The van der Waals surface area contributed by atoms with Crippen LogP contribution in [0.15, 0.2) is 72.8 Å². The Morgan fingerprint density at radius 3 is 2.30 bits per heavy atom. The highest BCUT2D eigenvalue weighted by molar-refractivity contribution is 5.99. The normalized spacial score (nSPS) is 11.1. The molecule has 33 heavy (non-hydrogen) atoms. The van der Waals surface area contributed by atoms with Crippen molar-refractivity contribution in [1.29, 1.82) is 5.26 Å². The van der Waals surface area contributed by atoms with Gasteiger partial charge in [-0.25, -0.2) is 4.79 Å². The van der Waals surface area contributed by atoms with Crippen molar-refractivity contribution in [2.45, 2.75) is 26.4 Å². The molecule has 1 atom stereocenters. The number of aryl methyl sites for hydroxylation is 2. The van der Waals surface area contributed by atoms with Crippen molar-refractivity contribution in [2.24, 2.45) is 0 Å². The number of esters is 1. The molecular weight excluding hydrogens is 418 g/mol. The van der Waals surface area contributed by atoms with Gasteiger partial charge in [0.25, 0.3) is 5.91 Å². The molecule has 3 rings (SSSR count). The standard InChI is InChI=1S/C26H23N3O4/c1-17-8-9-18(2)22(16-17)29-25(31)24(19-6-4-3-5-7-19)33-26(32)20-10-12-21(13-11-20)28-23(30)14-15-27/h3-13,16,24H,14H2,1-2H3,(H,28,30)(H,29,31)/t24-/m1/s1. The number of ether oxygens (including phenoxy) is 1. The summed E-state index contributed by atoms with van der Waals surface area (Å²) < 4.78 is 5.60. The highest BCUT2D eigenvalue weighted by Gasteiger charge is 2.26. The van der Waals surface area contributed by atoms with Crippen LogP contribution in [0.1, 0.15) is 39.6 Å². The van der Waals surface area contributed by atoms with Gasteiger partial charge >= 0.3 is 5.97 Å². The van der Waals surface area contributed by atoms with Crippen LogP contribution in [-0.2, 0) is 14.3 Å². The topological polar surface area (TPSA) is 108 Å².